The average molecular weight is 545 g/mol. The molecule has 3 rings (SSSR count). The lowest BCUT2D eigenvalue weighted by Gasteiger charge is -2.19. The first-order valence-electron chi connectivity index (χ1n) is 10.4. The van der Waals surface area contributed by atoms with Crippen LogP contribution in [0.15, 0.2) is 58.3 Å². The van der Waals surface area contributed by atoms with E-state index < -0.39 is 65.1 Å². The molecule has 0 fully saturated rings. The Morgan fingerprint density at radius 1 is 0.806 bits per heavy atom. The molecule has 36 heavy (non-hydrogen) atoms. The molecule has 3 aromatic rings. The Morgan fingerprint density at radius 2 is 1.36 bits per heavy atom. The minimum Gasteiger partial charge on any atom is -0.496 e. The van der Waals surface area contributed by atoms with Crippen LogP contribution in [0.2, 0.25) is 0 Å². The van der Waals surface area contributed by atoms with Crippen molar-refractivity contribution in [3.63, 3.8) is 0 Å². The molecule has 0 aliphatic heterocycles. The quantitative estimate of drug-likeness (QED) is 0.375. The van der Waals surface area contributed by atoms with E-state index in [1.807, 2.05) is 0 Å². The van der Waals surface area contributed by atoms with E-state index in [0.717, 1.165) is 0 Å². The lowest BCUT2D eigenvalue weighted by Crippen LogP contribution is -2.23. The highest BCUT2D eigenvalue weighted by molar-refractivity contribution is 7.91. The Labute approximate surface area is 206 Å². The van der Waals surface area contributed by atoms with Crippen LogP contribution in [0.5, 0.6) is 11.5 Å². The Morgan fingerprint density at radius 3 is 1.89 bits per heavy atom. The lowest BCUT2D eigenvalue weighted by molar-refractivity contribution is 0.386. The van der Waals surface area contributed by atoms with Gasteiger partial charge in [-0.3, -0.25) is 0 Å². The van der Waals surface area contributed by atoms with Gasteiger partial charge in [-0.15, -0.1) is 0 Å². The number of methoxy groups -OCH3 is 2. The van der Waals surface area contributed by atoms with Gasteiger partial charge in [0.1, 0.15) is 16.4 Å². The smallest absolute Gasteiger partial charge is 0.244 e. The molecule has 0 unspecified atom stereocenters. The van der Waals surface area contributed by atoms with Gasteiger partial charge in [0.2, 0.25) is 10.0 Å². The number of hydrogen-bond donors (Lipinski definition) is 2. The number of hydrogen-bond acceptors (Lipinski definition) is 7. The summed E-state index contributed by atoms with van der Waals surface area (Å²) in [6.07, 6.45) is -0.0947. The van der Waals surface area contributed by atoms with Crippen molar-refractivity contribution in [1.29, 1.82) is 0 Å². The van der Waals surface area contributed by atoms with Crippen LogP contribution in [0, 0.1) is 17.5 Å². The molecule has 3 aromatic carbocycles. The van der Waals surface area contributed by atoms with Crippen molar-refractivity contribution in [1.82, 2.24) is 0 Å². The van der Waals surface area contributed by atoms with Gasteiger partial charge in [0, 0.05) is 6.54 Å². The predicted octanol–water partition coefficient (Wildman–Crippen LogP) is 3.40. The fourth-order valence-electron chi connectivity index (χ4n) is 3.60. The Balaban J connectivity index is 2.17. The predicted molar refractivity (Wildman–Crippen MR) is 127 cm³/mol. The van der Waals surface area contributed by atoms with E-state index in [9.17, 15) is 21.2 Å². The van der Waals surface area contributed by atoms with E-state index in [0.29, 0.717) is 5.56 Å². The maximum atomic E-state index is 15.4. The largest absolute Gasteiger partial charge is 0.496 e. The van der Waals surface area contributed by atoms with Crippen molar-refractivity contribution in [2.45, 2.75) is 22.8 Å². The summed E-state index contributed by atoms with van der Waals surface area (Å²) in [4.78, 5) is -3.15. The molecule has 194 valence electrons. The van der Waals surface area contributed by atoms with Gasteiger partial charge in [-0.05, 0) is 24.1 Å². The molecule has 0 saturated carbocycles. The van der Waals surface area contributed by atoms with Gasteiger partial charge in [-0.2, -0.15) is 0 Å². The number of benzene rings is 3. The van der Waals surface area contributed by atoms with Crippen molar-refractivity contribution in [3.8, 4) is 11.5 Å². The molecule has 0 aromatic heterocycles. The van der Waals surface area contributed by atoms with Crippen LogP contribution in [0.4, 0.5) is 18.9 Å². The fraction of sp³-hybridized carbons (Fsp3) is 0.217. The second-order valence-corrected chi connectivity index (χ2v) is 11.1. The number of rotatable bonds is 10. The van der Waals surface area contributed by atoms with E-state index in [1.54, 1.807) is 36.4 Å². The molecule has 0 spiro atoms. The Kier molecular flexibility index (Phi) is 8.16. The van der Waals surface area contributed by atoms with Crippen LogP contribution in [0.1, 0.15) is 11.1 Å². The van der Waals surface area contributed by atoms with Crippen LogP contribution in [-0.2, 0) is 32.8 Å². The summed E-state index contributed by atoms with van der Waals surface area (Å²) in [5.41, 5.74) is -0.229. The van der Waals surface area contributed by atoms with Gasteiger partial charge in [0.25, 0.3) is 0 Å². The van der Waals surface area contributed by atoms with Crippen LogP contribution < -0.4 is 19.9 Å². The molecule has 3 N–H and O–H groups in total. The summed E-state index contributed by atoms with van der Waals surface area (Å²) in [5.74, 6) is -6.37. The second-order valence-electron chi connectivity index (χ2n) is 7.57. The molecule has 0 radical (unpaired) electrons. The highest BCUT2D eigenvalue weighted by Gasteiger charge is 2.36. The van der Waals surface area contributed by atoms with E-state index >= 15 is 8.78 Å². The number of halogens is 3. The summed E-state index contributed by atoms with van der Waals surface area (Å²) >= 11 is 0. The molecule has 0 bridgehead atoms. The first kappa shape index (κ1) is 27.3. The minimum absolute atomic E-state index is 0.0947. The van der Waals surface area contributed by atoms with E-state index in [4.69, 9.17) is 14.6 Å². The Bertz CT molecular complexity index is 1460. The number of nitrogens with two attached hydrogens (primary N) is 1. The number of primary sulfonamides is 1. The molecule has 0 aliphatic carbocycles. The van der Waals surface area contributed by atoms with Gasteiger partial charge in [-0.25, -0.2) is 35.1 Å². The summed E-state index contributed by atoms with van der Waals surface area (Å²) < 4.78 is 106. The molecule has 0 saturated heterocycles. The van der Waals surface area contributed by atoms with Gasteiger partial charge in [-0.1, -0.05) is 36.4 Å². The van der Waals surface area contributed by atoms with Gasteiger partial charge in [0.15, 0.2) is 32.2 Å². The van der Waals surface area contributed by atoms with E-state index in [1.165, 1.54) is 26.4 Å². The van der Waals surface area contributed by atoms with Crippen LogP contribution in [-0.4, -0.2) is 36.8 Å². The van der Waals surface area contributed by atoms with Crippen molar-refractivity contribution in [3.05, 3.63) is 77.1 Å². The maximum absolute atomic E-state index is 15.4. The third-order valence-corrected chi connectivity index (χ3v) is 7.98. The normalized spacial score (nSPS) is 11.8. The van der Waals surface area contributed by atoms with E-state index in [-0.39, 0.29) is 23.5 Å². The SMILES string of the molecule is COc1cccc(OC)c1CNc1c(F)c(S(N)(=O)=O)c(F)c(F)c1S(=O)(=O)CCc1ccccc1. The summed E-state index contributed by atoms with van der Waals surface area (Å²) in [5, 5.41) is 7.29. The molecule has 0 atom stereocenters. The first-order valence-corrected chi connectivity index (χ1v) is 13.6. The first-order chi connectivity index (χ1) is 16.9. The lowest BCUT2D eigenvalue weighted by atomic mass is 10.1. The highest BCUT2D eigenvalue weighted by Crippen LogP contribution is 2.37. The standard InChI is InChI=1S/C23H23F3N2O6S2/c1-33-16-9-6-10-17(34-2)15(16)13-28-21-20(26)22(36(27,31)32)18(24)19(25)23(21)35(29,30)12-11-14-7-4-3-5-8-14/h3-10,28H,11-13H2,1-2H3,(H2,27,31,32). The number of nitrogens with one attached hydrogen (secondary N) is 1. The monoisotopic (exact) mass is 544 g/mol. The molecule has 8 nitrogen and oxygen atoms in total. The summed E-state index contributed by atoms with van der Waals surface area (Å²) in [6, 6.07) is 13.0. The number of anilines is 1. The van der Waals surface area contributed by atoms with Gasteiger partial charge >= 0.3 is 0 Å². The van der Waals surface area contributed by atoms with Crippen LogP contribution >= 0.6 is 0 Å². The fourth-order valence-corrected chi connectivity index (χ4v) is 5.83. The van der Waals surface area contributed by atoms with Crippen LogP contribution in [0.3, 0.4) is 0 Å². The van der Waals surface area contributed by atoms with Crippen LogP contribution in [0.25, 0.3) is 0 Å². The molecule has 0 heterocycles. The third-order valence-electron chi connectivity index (χ3n) is 5.31. The Hall–Kier alpha value is -3.29. The number of sulfonamides is 1. The van der Waals surface area contributed by atoms with Crippen molar-refractivity contribution in [2.24, 2.45) is 5.14 Å². The zero-order valence-electron chi connectivity index (χ0n) is 19.2. The zero-order chi connectivity index (χ0) is 26.7. The highest BCUT2D eigenvalue weighted by atomic mass is 32.2. The third kappa shape index (κ3) is 5.58. The van der Waals surface area contributed by atoms with Crippen molar-refractivity contribution in [2.75, 3.05) is 25.3 Å². The number of ether oxygens (including phenoxy) is 2. The minimum atomic E-state index is -5.11. The maximum Gasteiger partial charge on any atom is 0.244 e. The van der Waals surface area contributed by atoms with Crippen molar-refractivity contribution >= 4 is 25.5 Å². The van der Waals surface area contributed by atoms with Gasteiger partial charge in [0.05, 0.1) is 31.2 Å². The molecule has 0 amide bonds. The topological polar surface area (TPSA) is 125 Å². The second kappa shape index (κ2) is 10.8. The summed E-state index contributed by atoms with van der Waals surface area (Å²) in [6.45, 7) is -0.402. The number of sulfone groups is 1. The average Bonchev–Trinajstić information content (AvgIpc) is 2.83. The molecular weight excluding hydrogens is 521 g/mol. The zero-order valence-corrected chi connectivity index (χ0v) is 20.9. The molecule has 0 aliphatic rings. The molecular formula is C23H23F3N2O6S2. The van der Waals surface area contributed by atoms with E-state index in [2.05, 4.69) is 5.32 Å². The van der Waals surface area contributed by atoms with Gasteiger partial charge < -0.3 is 14.8 Å². The molecule has 13 heteroatoms. The van der Waals surface area contributed by atoms with Crippen molar-refractivity contribution < 1.29 is 39.5 Å². The number of aryl methyl sites for hydroxylation is 1. The summed E-state index contributed by atoms with van der Waals surface area (Å²) in [7, 11) is -7.10.